The normalized spacial score (nSPS) is 16.6. The molecule has 0 saturated carbocycles. The molecule has 0 radical (unpaired) electrons. The molecule has 2 aliphatic rings. The average molecular weight is 602 g/mol. The molecule has 41 heavy (non-hydrogen) atoms. The number of hydrogen-bond donors (Lipinski definition) is 2. The standard InChI is InChI=1S/C20H14N4.8C2H5.Co/c1-2-14-10-16-5-6-18(23-16)12-20-8-7-19(24-20)11-17-4-3-15(22-17)9-13(1)21-14;8*1-2;/h1-12,21,24H;8*1H2,2H3;. The SMILES string of the molecule is C1=Cc2cc3ccc(cc4nc(cc5ccc(cc1n2)[nH]5)C=C4)[nH]3.C[CH2][Co]([CH2]C)([CH2]C)([CH2]C)([CH2]C)([CH2]C)([CH2]C)[CH2]C. The van der Waals surface area contributed by atoms with Gasteiger partial charge in [0, 0.05) is 22.1 Å². The van der Waals surface area contributed by atoms with Crippen molar-refractivity contribution in [2.75, 3.05) is 0 Å². The van der Waals surface area contributed by atoms with Crippen molar-refractivity contribution in [2.45, 2.75) is 98.2 Å². The van der Waals surface area contributed by atoms with Crippen LogP contribution in [0.15, 0.2) is 48.5 Å². The van der Waals surface area contributed by atoms with Gasteiger partial charge in [-0.15, -0.1) is 0 Å². The topological polar surface area (TPSA) is 57.4 Å². The molecule has 3 aromatic rings. The zero-order valence-corrected chi connectivity index (χ0v) is 27.9. The predicted molar refractivity (Wildman–Crippen MR) is 183 cm³/mol. The molecule has 0 spiro atoms. The zero-order valence-electron chi connectivity index (χ0n) is 26.8. The Hall–Kier alpha value is -2.89. The average Bonchev–Trinajstić information content (AvgIpc) is 3.85. The summed E-state index contributed by atoms with van der Waals surface area (Å²) in [6.45, 7) is 20.2. The number of H-pyrrole nitrogens is 2. The third-order valence-electron chi connectivity index (χ3n) is 13.4. The van der Waals surface area contributed by atoms with Crippen LogP contribution in [0.2, 0.25) is 42.8 Å². The molecule has 0 atom stereocenters. The van der Waals surface area contributed by atoms with Crippen molar-refractivity contribution >= 4 is 46.4 Å². The van der Waals surface area contributed by atoms with Gasteiger partial charge in [0.05, 0.1) is 22.8 Å². The van der Waals surface area contributed by atoms with Crippen LogP contribution in [0.4, 0.5) is 0 Å². The summed E-state index contributed by atoms with van der Waals surface area (Å²) < 4.78 is 0. The summed E-state index contributed by atoms with van der Waals surface area (Å²) in [4.78, 5) is 16.0. The van der Waals surface area contributed by atoms with E-state index < -0.39 is 8.45 Å². The Labute approximate surface area is 243 Å². The molecule has 0 saturated heterocycles. The summed E-state index contributed by atoms with van der Waals surface area (Å²) >= 11 is 0. The van der Waals surface area contributed by atoms with Gasteiger partial charge >= 0.3 is 107 Å². The van der Waals surface area contributed by atoms with Gasteiger partial charge in [-0.3, -0.25) is 0 Å². The number of nitrogens with one attached hydrogen (secondary N) is 2. The van der Waals surface area contributed by atoms with E-state index in [0.717, 1.165) is 44.8 Å². The summed E-state index contributed by atoms with van der Waals surface area (Å²) in [5.41, 5.74) is 7.86. The van der Waals surface area contributed by atoms with Crippen LogP contribution in [0.3, 0.4) is 0 Å². The van der Waals surface area contributed by atoms with E-state index in [9.17, 15) is 0 Å². The number of aromatic nitrogens is 4. The van der Waals surface area contributed by atoms with Crippen molar-refractivity contribution in [3.05, 3.63) is 71.3 Å². The van der Waals surface area contributed by atoms with E-state index in [-0.39, 0.29) is 0 Å². The van der Waals surface area contributed by atoms with Gasteiger partial charge in [-0.25, -0.2) is 9.97 Å². The number of nitrogens with zero attached hydrogens (tertiary/aromatic N) is 2. The summed E-state index contributed by atoms with van der Waals surface area (Å²) in [5.74, 6) is 0. The van der Waals surface area contributed by atoms with E-state index in [4.69, 9.17) is 0 Å². The van der Waals surface area contributed by atoms with E-state index in [1.54, 1.807) is 0 Å². The van der Waals surface area contributed by atoms with E-state index in [2.05, 4.69) is 99.6 Å². The first kappa shape index (κ1) is 31.1. The van der Waals surface area contributed by atoms with Crippen LogP contribution in [-0.2, 0) is 8.45 Å². The van der Waals surface area contributed by atoms with Crippen LogP contribution in [0.1, 0.15) is 78.2 Å². The van der Waals surface area contributed by atoms with Gasteiger partial charge < -0.3 is 9.97 Å². The molecule has 8 bridgehead atoms. The second-order valence-electron chi connectivity index (χ2n) is 12.5. The van der Waals surface area contributed by atoms with Gasteiger partial charge in [-0.1, -0.05) is 0 Å². The number of fused-ring (bicyclic) bond motifs is 8. The van der Waals surface area contributed by atoms with Gasteiger partial charge in [0.1, 0.15) is 0 Å². The predicted octanol–water partition coefficient (Wildman–Crippen LogP) is 12.4. The zero-order chi connectivity index (χ0) is 29.9. The maximum absolute atomic E-state index is 4.63. The van der Waals surface area contributed by atoms with Crippen LogP contribution < -0.4 is 0 Å². The van der Waals surface area contributed by atoms with Gasteiger partial charge in [-0.05, 0) is 72.8 Å². The van der Waals surface area contributed by atoms with Crippen LogP contribution in [0.5, 0.6) is 0 Å². The van der Waals surface area contributed by atoms with E-state index in [1.807, 2.05) is 48.6 Å². The van der Waals surface area contributed by atoms with Gasteiger partial charge in [0.25, 0.3) is 0 Å². The first-order valence-corrected chi connectivity index (χ1v) is 21.3. The Balaban J connectivity index is 0.000000204. The molecule has 3 aromatic heterocycles. The molecule has 0 unspecified atom stereocenters. The second kappa shape index (κ2) is 9.05. The molecule has 0 fully saturated rings. The van der Waals surface area contributed by atoms with Crippen molar-refractivity contribution in [2.24, 2.45) is 0 Å². The van der Waals surface area contributed by atoms with Gasteiger partial charge in [0.2, 0.25) is 0 Å². The molecule has 4 nitrogen and oxygen atoms in total. The van der Waals surface area contributed by atoms with E-state index >= 15 is 0 Å². The second-order valence-corrected chi connectivity index (χ2v) is 32.9. The number of rotatable bonds is 8. The molecule has 5 heteroatoms. The Morgan fingerprint density at radius 1 is 0.415 bits per heavy atom. The van der Waals surface area contributed by atoms with Crippen LogP contribution in [-0.4, -0.2) is 19.9 Å². The molecule has 2 aliphatic heterocycles. The minimum absolute atomic E-state index is 0.939. The fourth-order valence-electron chi connectivity index (χ4n) is 7.61. The Kier molecular flexibility index (Phi) is 6.85. The van der Waals surface area contributed by atoms with Gasteiger partial charge in [-0.2, -0.15) is 0 Å². The fourth-order valence-corrected chi connectivity index (χ4v) is 22.2. The summed E-state index contributed by atoms with van der Waals surface area (Å²) in [6.07, 6.45) is 8.09. The molecule has 0 amide bonds. The Bertz CT molecular complexity index is 1430. The third-order valence-corrected chi connectivity index (χ3v) is 42.5. The van der Waals surface area contributed by atoms with Crippen LogP contribution in [0, 0.1) is 0 Å². The van der Waals surface area contributed by atoms with Crippen molar-refractivity contribution in [3.63, 3.8) is 0 Å². The van der Waals surface area contributed by atoms with Crippen LogP contribution in [0.25, 0.3) is 46.4 Å². The first-order chi connectivity index (χ1) is 19.5. The van der Waals surface area contributed by atoms with Crippen molar-refractivity contribution in [1.82, 2.24) is 19.9 Å². The van der Waals surface area contributed by atoms with Crippen molar-refractivity contribution < 1.29 is 8.45 Å². The molecule has 227 valence electrons. The number of hydrogen-bond acceptors (Lipinski definition) is 2. The van der Waals surface area contributed by atoms with E-state index in [1.165, 1.54) is 42.8 Å². The minimum atomic E-state index is -3.20. The summed E-state index contributed by atoms with van der Waals surface area (Å²) in [7, 11) is -3.20. The van der Waals surface area contributed by atoms with Gasteiger partial charge in [0.15, 0.2) is 0 Å². The Morgan fingerprint density at radius 2 is 0.634 bits per heavy atom. The quantitative estimate of drug-likeness (QED) is 0.186. The molecule has 0 aliphatic carbocycles. The molecular formula is C36H54CoN4. The molecule has 0 aromatic carbocycles. The number of aromatic amines is 2. The molecule has 5 rings (SSSR count). The maximum atomic E-state index is 4.63. The van der Waals surface area contributed by atoms with E-state index in [0.29, 0.717) is 0 Å². The van der Waals surface area contributed by atoms with Crippen LogP contribution >= 0.6 is 0 Å². The molecule has 2 N–H and O–H groups in total. The summed E-state index contributed by atoms with van der Waals surface area (Å²) in [6, 6.07) is 16.4. The monoisotopic (exact) mass is 601 g/mol. The Morgan fingerprint density at radius 3 is 0.805 bits per heavy atom. The van der Waals surface area contributed by atoms with Crippen molar-refractivity contribution in [3.8, 4) is 0 Å². The molecular weight excluding hydrogens is 547 g/mol. The fraction of sp³-hybridized carbons (Fsp3) is 0.444. The summed E-state index contributed by atoms with van der Waals surface area (Å²) in [5, 5.41) is 11.4. The molecule has 5 heterocycles. The first-order valence-electron chi connectivity index (χ1n) is 15.4. The van der Waals surface area contributed by atoms with Crippen molar-refractivity contribution in [1.29, 1.82) is 0 Å². The third kappa shape index (κ3) is 4.14.